The molecule has 0 fully saturated rings. The summed E-state index contributed by atoms with van der Waals surface area (Å²) in [6.45, 7) is 0. The standard InChI is InChI=1S/C11H9FO3/c12-8-1-2-9-6(4-8)3-7(11(9)15)5-10(13)14/h1-2,4,7H,3,5H2,(H,13,14)/t7-/m1/s1. The number of aliphatic carboxylic acids is 1. The fourth-order valence-electron chi connectivity index (χ4n) is 1.93. The number of carboxylic acid groups (broad SMARTS) is 1. The molecule has 1 aromatic rings. The number of halogens is 1. The quantitative estimate of drug-likeness (QED) is 0.804. The molecule has 1 aliphatic rings. The summed E-state index contributed by atoms with van der Waals surface area (Å²) in [5.74, 6) is -2.11. The molecule has 0 unspecified atom stereocenters. The van der Waals surface area contributed by atoms with Gasteiger partial charge in [-0.25, -0.2) is 4.39 Å². The number of carbonyl (C=O) groups excluding carboxylic acids is 1. The number of Topliss-reactive ketones (excluding diaryl/α,β-unsaturated/α-hetero) is 1. The summed E-state index contributed by atoms with van der Waals surface area (Å²) >= 11 is 0. The van der Waals surface area contributed by atoms with Gasteiger partial charge in [0, 0.05) is 11.5 Å². The largest absolute Gasteiger partial charge is 0.481 e. The van der Waals surface area contributed by atoms with Gasteiger partial charge in [0.15, 0.2) is 5.78 Å². The van der Waals surface area contributed by atoms with E-state index >= 15 is 0 Å². The molecule has 0 spiro atoms. The molecule has 0 saturated carbocycles. The van der Waals surface area contributed by atoms with Gasteiger partial charge in [0.2, 0.25) is 0 Å². The lowest BCUT2D eigenvalue weighted by Gasteiger charge is -2.01. The normalized spacial score (nSPS) is 19.0. The van der Waals surface area contributed by atoms with Gasteiger partial charge < -0.3 is 5.11 Å². The molecule has 0 bridgehead atoms. The Labute approximate surface area is 85.5 Å². The third-order valence-electron chi connectivity index (χ3n) is 2.59. The van der Waals surface area contributed by atoms with E-state index in [1.807, 2.05) is 0 Å². The summed E-state index contributed by atoms with van der Waals surface area (Å²) < 4.78 is 12.9. The first-order valence-electron chi connectivity index (χ1n) is 4.62. The molecular weight excluding hydrogens is 199 g/mol. The Balaban J connectivity index is 2.29. The lowest BCUT2D eigenvalue weighted by atomic mass is 10.0. The number of hydrogen-bond acceptors (Lipinski definition) is 2. The molecule has 0 aromatic heterocycles. The Morgan fingerprint density at radius 2 is 2.27 bits per heavy atom. The molecule has 0 radical (unpaired) electrons. The number of rotatable bonds is 2. The van der Waals surface area contributed by atoms with Crippen molar-refractivity contribution in [1.82, 2.24) is 0 Å². The molecular formula is C11H9FO3. The van der Waals surface area contributed by atoms with E-state index in [1.54, 1.807) is 0 Å². The van der Waals surface area contributed by atoms with Crippen molar-refractivity contribution in [2.45, 2.75) is 12.8 Å². The van der Waals surface area contributed by atoms with E-state index in [4.69, 9.17) is 5.11 Å². The third kappa shape index (κ3) is 1.75. The predicted octanol–water partition coefficient (Wildman–Crippen LogP) is 1.66. The fraction of sp³-hybridized carbons (Fsp3) is 0.273. The number of carboxylic acids is 1. The van der Waals surface area contributed by atoms with E-state index in [2.05, 4.69) is 0 Å². The molecule has 1 atom stereocenters. The molecule has 1 N–H and O–H groups in total. The Kier molecular flexibility index (Phi) is 2.26. The molecule has 3 nitrogen and oxygen atoms in total. The summed E-state index contributed by atoms with van der Waals surface area (Å²) in [6.07, 6.45) is 0.146. The molecule has 2 rings (SSSR count). The highest BCUT2D eigenvalue weighted by molar-refractivity contribution is 6.03. The number of fused-ring (bicyclic) bond motifs is 1. The van der Waals surface area contributed by atoms with Crippen LogP contribution in [0.1, 0.15) is 22.3 Å². The van der Waals surface area contributed by atoms with E-state index < -0.39 is 17.7 Å². The van der Waals surface area contributed by atoms with Crippen molar-refractivity contribution in [2.75, 3.05) is 0 Å². The van der Waals surface area contributed by atoms with Crippen molar-refractivity contribution in [3.8, 4) is 0 Å². The lowest BCUT2D eigenvalue weighted by Crippen LogP contribution is -2.13. The molecule has 78 valence electrons. The number of carbonyl (C=O) groups is 2. The minimum Gasteiger partial charge on any atom is -0.481 e. The zero-order valence-electron chi connectivity index (χ0n) is 7.87. The van der Waals surface area contributed by atoms with Gasteiger partial charge in [-0.1, -0.05) is 0 Å². The van der Waals surface area contributed by atoms with E-state index in [1.165, 1.54) is 18.2 Å². The molecule has 1 aliphatic carbocycles. The first-order chi connectivity index (χ1) is 7.08. The van der Waals surface area contributed by atoms with Gasteiger partial charge in [-0.2, -0.15) is 0 Å². The van der Waals surface area contributed by atoms with Gasteiger partial charge in [0.1, 0.15) is 5.82 Å². The topological polar surface area (TPSA) is 54.4 Å². The van der Waals surface area contributed by atoms with Crippen LogP contribution < -0.4 is 0 Å². The predicted molar refractivity (Wildman–Crippen MR) is 50.2 cm³/mol. The van der Waals surface area contributed by atoms with Crippen molar-refractivity contribution < 1.29 is 19.1 Å². The average molecular weight is 208 g/mol. The van der Waals surface area contributed by atoms with E-state index in [0.717, 1.165) is 0 Å². The highest BCUT2D eigenvalue weighted by Crippen LogP contribution is 2.29. The number of hydrogen-bond donors (Lipinski definition) is 1. The van der Waals surface area contributed by atoms with Crippen molar-refractivity contribution >= 4 is 11.8 Å². The third-order valence-corrected chi connectivity index (χ3v) is 2.59. The zero-order chi connectivity index (χ0) is 11.0. The highest BCUT2D eigenvalue weighted by Gasteiger charge is 2.31. The van der Waals surface area contributed by atoms with Crippen molar-refractivity contribution in [2.24, 2.45) is 5.92 Å². The Hall–Kier alpha value is -1.71. The molecule has 0 saturated heterocycles. The van der Waals surface area contributed by atoms with Crippen LogP contribution in [-0.2, 0) is 11.2 Å². The summed E-state index contributed by atoms with van der Waals surface area (Å²) in [7, 11) is 0. The average Bonchev–Trinajstić information content (AvgIpc) is 2.42. The second-order valence-electron chi connectivity index (χ2n) is 3.66. The smallest absolute Gasteiger partial charge is 0.304 e. The van der Waals surface area contributed by atoms with Crippen LogP contribution in [0.25, 0.3) is 0 Å². The van der Waals surface area contributed by atoms with Crippen LogP contribution in [0, 0.1) is 11.7 Å². The second kappa shape index (κ2) is 3.46. The number of ketones is 1. The van der Waals surface area contributed by atoms with E-state index in [-0.39, 0.29) is 12.2 Å². The molecule has 0 amide bonds. The summed E-state index contributed by atoms with van der Waals surface area (Å²) in [5.41, 5.74) is 1.08. The Morgan fingerprint density at radius 3 is 2.93 bits per heavy atom. The van der Waals surface area contributed by atoms with Gasteiger partial charge in [-0.15, -0.1) is 0 Å². The van der Waals surface area contributed by atoms with Crippen LogP contribution in [0.4, 0.5) is 4.39 Å². The maximum atomic E-state index is 12.9. The lowest BCUT2D eigenvalue weighted by molar-refractivity contribution is -0.137. The van der Waals surface area contributed by atoms with Crippen molar-refractivity contribution in [3.05, 3.63) is 35.1 Å². The van der Waals surface area contributed by atoms with Crippen LogP contribution in [0.3, 0.4) is 0 Å². The number of benzene rings is 1. The Morgan fingerprint density at radius 1 is 1.53 bits per heavy atom. The first kappa shape index (κ1) is 9.83. The summed E-state index contributed by atoms with van der Waals surface area (Å²) in [4.78, 5) is 22.2. The van der Waals surface area contributed by atoms with Gasteiger partial charge in [-0.05, 0) is 30.2 Å². The van der Waals surface area contributed by atoms with Crippen LogP contribution in [-0.4, -0.2) is 16.9 Å². The van der Waals surface area contributed by atoms with Gasteiger partial charge in [0.25, 0.3) is 0 Å². The van der Waals surface area contributed by atoms with Crippen LogP contribution in [0.15, 0.2) is 18.2 Å². The first-order valence-corrected chi connectivity index (χ1v) is 4.62. The summed E-state index contributed by atoms with van der Waals surface area (Å²) in [5, 5.41) is 8.60. The second-order valence-corrected chi connectivity index (χ2v) is 3.66. The highest BCUT2D eigenvalue weighted by atomic mass is 19.1. The Bertz CT molecular complexity index is 439. The van der Waals surface area contributed by atoms with Crippen LogP contribution >= 0.6 is 0 Å². The van der Waals surface area contributed by atoms with Crippen molar-refractivity contribution in [3.63, 3.8) is 0 Å². The minimum absolute atomic E-state index is 0.185. The van der Waals surface area contributed by atoms with Gasteiger partial charge in [-0.3, -0.25) is 9.59 Å². The maximum absolute atomic E-state index is 12.9. The summed E-state index contributed by atoms with van der Waals surface area (Å²) in [6, 6.07) is 3.95. The van der Waals surface area contributed by atoms with Crippen LogP contribution in [0.5, 0.6) is 0 Å². The molecule has 15 heavy (non-hydrogen) atoms. The monoisotopic (exact) mass is 208 g/mol. The fourth-order valence-corrected chi connectivity index (χ4v) is 1.93. The zero-order valence-corrected chi connectivity index (χ0v) is 7.87. The molecule has 4 heteroatoms. The maximum Gasteiger partial charge on any atom is 0.304 e. The molecule has 0 aliphatic heterocycles. The minimum atomic E-state index is -0.998. The van der Waals surface area contributed by atoms with Gasteiger partial charge in [0.05, 0.1) is 6.42 Å². The van der Waals surface area contributed by atoms with E-state index in [9.17, 15) is 14.0 Å². The van der Waals surface area contributed by atoms with Crippen molar-refractivity contribution in [1.29, 1.82) is 0 Å². The van der Waals surface area contributed by atoms with Gasteiger partial charge >= 0.3 is 5.97 Å². The molecule has 1 aromatic carbocycles. The van der Waals surface area contributed by atoms with E-state index in [0.29, 0.717) is 17.5 Å². The molecule has 0 heterocycles. The SMILES string of the molecule is O=C(O)C[C@H]1Cc2cc(F)ccc2C1=O. The van der Waals surface area contributed by atoms with Crippen LogP contribution in [0.2, 0.25) is 0 Å².